The summed E-state index contributed by atoms with van der Waals surface area (Å²) in [4.78, 5) is 22.1. The van der Waals surface area contributed by atoms with Crippen LogP contribution in [-0.2, 0) is 0 Å². The Balaban J connectivity index is 1.72. The topological polar surface area (TPSA) is 96.3 Å². The van der Waals surface area contributed by atoms with Crippen LogP contribution in [0.1, 0.15) is 18.5 Å². The van der Waals surface area contributed by atoms with Gasteiger partial charge in [-0.15, -0.1) is 0 Å². The van der Waals surface area contributed by atoms with Crippen molar-refractivity contribution in [3.63, 3.8) is 0 Å². The summed E-state index contributed by atoms with van der Waals surface area (Å²) >= 11 is 11.9. The van der Waals surface area contributed by atoms with Crippen LogP contribution in [0.25, 0.3) is 0 Å². The van der Waals surface area contributed by atoms with E-state index in [1.165, 1.54) is 12.1 Å². The Morgan fingerprint density at radius 2 is 1.81 bits per heavy atom. The first-order valence-corrected chi connectivity index (χ1v) is 8.60. The fourth-order valence-electron chi connectivity index (χ4n) is 2.20. The summed E-state index contributed by atoms with van der Waals surface area (Å²) in [6, 6.07) is 10.7. The highest BCUT2D eigenvalue weighted by atomic mass is 35.5. The number of halogens is 2. The molecule has 1 atom stereocenters. The lowest BCUT2D eigenvalue weighted by Crippen LogP contribution is -2.39. The summed E-state index contributed by atoms with van der Waals surface area (Å²) in [5, 5.41) is 20.1. The molecule has 2 aromatic carbocycles. The standard InChI is InChI=1S/C17H18Cl2N4O3/c1-11(12-2-7-15(18)16(19)10-12)22-17(24)21-9-8-20-13-3-5-14(6-4-13)23(25)26/h2-7,10-11,20H,8-9H2,1H3,(H2,21,22,24). The van der Waals surface area contributed by atoms with Crippen molar-refractivity contribution in [3.8, 4) is 0 Å². The summed E-state index contributed by atoms with van der Waals surface area (Å²) in [5.74, 6) is 0. The summed E-state index contributed by atoms with van der Waals surface area (Å²) in [7, 11) is 0. The van der Waals surface area contributed by atoms with Crippen molar-refractivity contribution in [2.45, 2.75) is 13.0 Å². The summed E-state index contributed by atoms with van der Waals surface area (Å²) in [6.45, 7) is 2.71. The summed E-state index contributed by atoms with van der Waals surface area (Å²) in [6.07, 6.45) is 0. The molecule has 0 heterocycles. The lowest BCUT2D eigenvalue weighted by atomic mass is 10.1. The number of nitro groups is 1. The van der Waals surface area contributed by atoms with E-state index in [1.54, 1.807) is 30.3 Å². The molecule has 1 unspecified atom stereocenters. The first kappa shape index (κ1) is 19.8. The van der Waals surface area contributed by atoms with Crippen LogP contribution in [0.2, 0.25) is 10.0 Å². The molecular formula is C17H18Cl2N4O3. The Morgan fingerprint density at radius 1 is 1.12 bits per heavy atom. The Kier molecular flexibility index (Phi) is 7.06. The Morgan fingerprint density at radius 3 is 2.42 bits per heavy atom. The molecule has 0 aliphatic carbocycles. The number of hydrogen-bond donors (Lipinski definition) is 3. The van der Waals surface area contributed by atoms with Crippen LogP contribution in [-0.4, -0.2) is 24.0 Å². The molecule has 0 aliphatic heterocycles. The maximum atomic E-state index is 11.9. The van der Waals surface area contributed by atoms with E-state index in [9.17, 15) is 14.9 Å². The smallest absolute Gasteiger partial charge is 0.315 e. The van der Waals surface area contributed by atoms with Crippen LogP contribution in [0.15, 0.2) is 42.5 Å². The molecule has 26 heavy (non-hydrogen) atoms. The number of amides is 2. The van der Waals surface area contributed by atoms with E-state index < -0.39 is 4.92 Å². The zero-order chi connectivity index (χ0) is 19.1. The average Bonchev–Trinajstić information content (AvgIpc) is 2.61. The second-order valence-electron chi connectivity index (χ2n) is 5.53. The average molecular weight is 397 g/mol. The molecule has 0 fully saturated rings. The van der Waals surface area contributed by atoms with Crippen molar-refractivity contribution in [1.29, 1.82) is 0 Å². The van der Waals surface area contributed by atoms with Crippen LogP contribution in [0.3, 0.4) is 0 Å². The molecule has 3 N–H and O–H groups in total. The second-order valence-corrected chi connectivity index (χ2v) is 6.34. The normalized spacial score (nSPS) is 11.5. The molecule has 2 aromatic rings. The fourth-order valence-corrected chi connectivity index (χ4v) is 2.50. The number of nitrogens with zero attached hydrogens (tertiary/aromatic N) is 1. The predicted molar refractivity (Wildman–Crippen MR) is 103 cm³/mol. The number of nitrogens with one attached hydrogen (secondary N) is 3. The highest BCUT2D eigenvalue weighted by molar-refractivity contribution is 6.42. The van der Waals surface area contributed by atoms with E-state index >= 15 is 0 Å². The van der Waals surface area contributed by atoms with Gasteiger partial charge in [-0.3, -0.25) is 10.1 Å². The van der Waals surface area contributed by atoms with Gasteiger partial charge in [-0.05, 0) is 36.8 Å². The minimum Gasteiger partial charge on any atom is -0.383 e. The lowest BCUT2D eigenvalue weighted by Gasteiger charge is -2.16. The third-order valence-corrected chi connectivity index (χ3v) is 4.35. The van der Waals surface area contributed by atoms with Crippen molar-refractivity contribution in [1.82, 2.24) is 10.6 Å². The highest BCUT2D eigenvalue weighted by Crippen LogP contribution is 2.25. The second kappa shape index (κ2) is 9.26. The quantitative estimate of drug-likeness (QED) is 0.367. The first-order valence-electron chi connectivity index (χ1n) is 7.84. The van der Waals surface area contributed by atoms with Gasteiger partial charge in [0.05, 0.1) is 21.0 Å². The van der Waals surface area contributed by atoms with Gasteiger partial charge in [-0.1, -0.05) is 29.3 Å². The van der Waals surface area contributed by atoms with Gasteiger partial charge < -0.3 is 16.0 Å². The number of carbonyl (C=O) groups excluding carboxylic acids is 1. The molecule has 7 nitrogen and oxygen atoms in total. The fraction of sp³-hybridized carbons (Fsp3) is 0.235. The molecule has 138 valence electrons. The molecule has 2 amide bonds. The van der Waals surface area contributed by atoms with Gasteiger partial charge in [-0.2, -0.15) is 0 Å². The molecular weight excluding hydrogens is 379 g/mol. The predicted octanol–water partition coefficient (Wildman–Crippen LogP) is 4.37. The molecule has 0 spiro atoms. The largest absolute Gasteiger partial charge is 0.383 e. The van der Waals surface area contributed by atoms with E-state index in [1.807, 2.05) is 6.92 Å². The zero-order valence-electron chi connectivity index (χ0n) is 14.0. The molecule has 0 aliphatic rings. The minimum absolute atomic E-state index is 0.0318. The van der Waals surface area contributed by atoms with Gasteiger partial charge in [-0.25, -0.2) is 4.79 Å². The van der Waals surface area contributed by atoms with Crippen LogP contribution in [0.5, 0.6) is 0 Å². The van der Waals surface area contributed by atoms with Crippen LogP contribution >= 0.6 is 23.2 Å². The van der Waals surface area contributed by atoms with Gasteiger partial charge >= 0.3 is 6.03 Å². The van der Waals surface area contributed by atoms with Crippen LogP contribution in [0, 0.1) is 10.1 Å². The number of benzene rings is 2. The maximum absolute atomic E-state index is 11.9. The number of anilines is 1. The van der Waals surface area contributed by atoms with Gasteiger partial charge in [0.15, 0.2) is 0 Å². The monoisotopic (exact) mass is 396 g/mol. The number of urea groups is 1. The first-order chi connectivity index (χ1) is 12.4. The number of rotatable bonds is 7. The number of nitro benzene ring substituents is 1. The molecule has 0 saturated carbocycles. The van der Waals surface area contributed by atoms with Crippen molar-refractivity contribution in [2.75, 3.05) is 18.4 Å². The third kappa shape index (κ3) is 5.79. The van der Waals surface area contributed by atoms with Gasteiger partial charge in [0, 0.05) is 30.9 Å². The van der Waals surface area contributed by atoms with Gasteiger partial charge in [0.1, 0.15) is 0 Å². The van der Waals surface area contributed by atoms with E-state index in [4.69, 9.17) is 23.2 Å². The molecule has 0 saturated heterocycles. The maximum Gasteiger partial charge on any atom is 0.315 e. The van der Waals surface area contributed by atoms with Crippen LogP contribution < -0.4 is 16.0 Å². The Hall–Kier alpha value is -2.51. The SMILES string of the molecule is CC(NC(=O)NCCNc1ccc([N+](=O)[O-])cc1)c1ccc(Cl)c(Cl)c1. The van der Waals surface area contributed by atoms with Crippen molar-refractivity contribution in [3.05, 3.63) is 68.2 Å². The van der Waals surface area contributed by atoms with E-state index in [-0.39, 0.29) is 17.8 Å². The third-order valence-electron chi connectivity index (χ3n) is 3.61. The molecule has 0 bridgehead atoms. The van der Waals surface area contributed by atoms with E-state index in [0.29, 0.717) is 23.1 Å². The molecule has 0 radical (unpaired) electrons. The minimum atomic E-state index is -0.454. The number of hydrogen-bond acceptors (Lipinski definition) is 4. The summed E-state index contributed by atoms with van der Waals surface area (Å²) < 4.78 is 0. The zero-order valence-corrected chi connectivity index (χ0v) is 15.5. The van der Waals surface area contributed by atoms with E-state index in [2.05, 4.69) is 16.0 Å². The summed E-state index contributed by atoms with van der Waals surface area (Å²) in [5.41, 5.74) is 1.62. The van der Waals surface area contributed by atoms with Crippen molar-refractivity contribution in [2.24, 2.45) is 0 Å². The molecule has 9 heteroatoms. The highest BCUT2D eigenvalue weighted by Gasteiger charge is 2.10. The Labute approximate surface area is 160 Å². The molecule has 0 aromatic heterocycles. The number of non-ortho nitro benzene ring substituents is 1. The van der Waals surface area contributed by atoms with Crippen LogP contribution in [0.4, 0.5) is 16.2 Å². The van der Waals surface area contributed by atoms with Gasteiger partial charge in [0.25, 0.3) is 5.69 Å². The van der Waals surface area contributed by atoms with Crippen molar-refractivity contribution >= 4 is 40.6 Å². The Bertz CT molecular complexity index is 784. The molecule has 2 rings (SSSR count). The number of carbonyl (C=O) groups is 1. The van der Waals surface area contributed by atoms with Gasteiger partial charge in [0.2, 0.25) is 0 Å². The van der Waals surface area contributed by atoms with Crippen molar-refractivity contribution < 1.29 is 9.72 Å². The van der Waals surface area contributed by atoms with E-state index in [0.717, 1.165) is 11.3 Å². The lowest BCUT2D eigenvalue weighted by molar-refractivity contribution is -0.384.